The fourth-order valence-electron chi connectivity index (χ4n) is 2.44. The lowest BCUT2D eigenvalue weighted by molar-refractivity contribution is -0.137. The molecule has 0 aliphatic rings. The summed E-state index contributed by atoms with van der Waals surface area (Å²) in [6.07, 6.45) is 2.04. The number of fused-ring (bicyclic) bond motifs is 1. The normalized spacial score (nSPS) is 12.6. The number of para-hydroxylation sites is 1. The van der Waals surface area contributed by atoms with Crippen molar-refractivity contribution < 1.29 is 9.90 Å². The van der Waals surface area contributed by atoms with Crippen molar-refractivity contribution in [1.82, 2.24) is 4.98 Å². The zero-order valence-corrected chi connectivity index (χ0v) is 11.0. The summed E-state index contributed by atoms with van der Waals surface area (Å²) in [5.41, 5.74) is 3.16. The molecule has 2 N–H and O–H groups in total. The van der Waals surface area contributed by atoms with Crippen LogP contribution in [0.2, 0.25) is 0 Å². The number of nitrogens with one attached hydrogen (secondary N) is 1. The van der Waals surface area contributed by atoms with E-state index in [0.717, 1.165) is 22.0 Å². The van der Waals surface area contributed by atoms with E-state index in [1.54, 1.807) is 11.3 Å². The Bertz CT molecular complexity index is 700. The van der Waals surface area contributed by atoms with Crippen molar-refractivity contribution in [1.29, 1.82) is 0 Å². The summed E-state index contributed by atoms with van der Waals surface area (Å²) >= 11 is 1.59. The number of carboxylic acid groups (broad SMARTS) is 1. The summed E-state index contributed by atoms with van der Waals surface area (Å²) in [5.74, 6) is -0.874. The molecule has 3 rings (SSSR count). The summed E-state index contributed by atoms with van der Waals surface area (Å²) in [4.78, 5) is 14.3. The molecule has 3 nitrogen and oxygen atoms in total. The van der Waals surface area contributed by atoms with Crippen molar-refractivity contribution in [3.05, 3.63) is 58.4 Å². The maximum atomic E-state index is 11.1. The molecule has 0 bridgehead atoms. The molecule has 0 aliphatic heterocycles. The van der Waals surface area contributed by atoms with Crippen LogP contribution in [0.25, 0.3) is 10.9 Å². The number of aromatic amines is 1. The molecule has 3 aromatic rings. The second kappa shape index (κ2) is 4.90. The van der Waals surface area contributed by atoms with Gasteiger partial charge in [0.1, 0.15) is 0 Å². The molecule has 1 atom stereocenters. The highest BCUT2D eigenvalue weighted by Crippen LogP contribution is 2.34. The Morgan fingerprint density at radius 2 is 2.16 bits per heavy atom. The number of aliphatic carboxylic acids is 1. The number of hydrogen-bond donors (Lipinski definition) is 2. The molecule has 2 heterocycles. The van der Waals surface area contributed by atoms with E-state index in [4.69, 9.17) is 5.11 Å². The number of H-pyrrole nitrogens is 1. The van der Waals surface area contributed by atoms with Crippen LogP contribution in [0.5, 0.6) is 0 Å². The molecule has 96 valence electrons. The molecule has 0 radical (unpaired) electrons. The van der Waals surface area contributed by atoms with Gasteiger partial charge in [0.25, 0.3) is 0 Å². The number of carbonyl (C=O) groups is 1. The lowest BCUT2D eigenvalue weighted by Gasteiger charge is -2.12. The molecule has 0 spiro atoms. The van der Waals surface area contributed by atoms with Gasteiger partial charge in [-0.3, -0.25) is 4.79 Å². The smallest absolute Gasteiger partial charge is 0.304 e. The number of thiophene rings is 1. The number of benzene rings is 1. The summed E-state index contributed by atoms with van der Waals surface area (Å²) in [6.45, 7) is 0. The predicted molar refractivity (Wildman–Crippen MR) is 76.7 cm³/mol. The molecule has 0 amide bonds. The number of carboxylic acids is 1. The Labute approximate surface area is 114 Å². The lowest BCUT2D eigenvalue weighted by Crippen LogP contribution is -2.06. The Hall–Kier alpha value is -2.07. The van der Waals surface area contributed by atoms with E-state index >= 15 is 0 Å². The van der Waals surface area contributed by atoms with E-state index in [1.807, 2.05) is 47.3 Å². The Balaban J connectivity index is 2.11. The van der Waals surface area contributed by atoms with Gasteiger partial charge in [0.2, 0.25) is 0 Å². The SMILES string of the molecule is O=C(O)CC(c1ccsc1)c1c[nH]c2ccccc12. The average molecular weight is 271 g/mol. The molecule has 19 heavy (non-hydrogen) atoms. The van der Waals surface area contributed by atoms with Crippen LogP contribution in [0, 0.1) is 0 Å². The quantitative estimate of drug-likeness (QED) is 0.757. The van der Waals surface area contributed by atoms with Crippen LogP contribution >= 0.6 is 11.3 Å². The molecule has 2 aromatic heterocycles. The number of rotatable bonds is 4. The molecule has 0 saturated heterocycles. The third kappa shape index (κ3) is 2.27. The van der Waals surface area contributed by atoms with Crippen molar-refractivity contribution in [2.24, 2.45) is 0 Å². The summed E-state index contributed by atoms with van der Waals surface area (Å²) < 4.78 is 0. The first kappa shape index (κ1) is 12.0. The Kier molecular flexibility index (Phi) is 3.09. The molecule has 1 unspecified atom stereocenters. The van der Waals surface area contributed by atoms with Crippen molar-refractivity contribution in [2.75, 3.05) is 0 Å². The minimum absolute atomic E-state index is 0.0973. The molecule has 1 aromatic carbocycles. The average Bonchev–Trinajstić information content (AvgIpc) is 3.05. The van der Waals surface area contributed by atoms with E-state index in [-0.39, 0.29) is 12.3 Å². The molecule has 0 fully saturated rings. The van der Waals surface area contributed by atoms with Crippen LogP contribution in [-0.4, -0.2) is 16.1 Å². The Morgan fingerprint density at radius 3 is 2.89 bits per heavy atom. The van der Waals surface area contributed by atoms with Crippen molar-refractivity contribution in [3.8, 4) is 0 Å². The highest BCUT2D eigenvalue weighted by Gasteiger charge is 2.21. The van der Waals surface area contributed by atoms with Crippen LogP contribution < -0.4 is 0 Å². The molecule has 0 saturated carbocycles. The van der Waals surface area contributed by atoms with Crippen molar-refractivity contribution >= 4 is 28.2 Å². The van der Waals surface area contributed by atoms with Gasteiger partial charge in [-0.05, 0) is 34.0 Å². The highest BCUT2D eigenvalue weighted by molar-refractivity contribution is 7.08. The van der Waals surface area contributed by atoms with Gasteiger partial charge in [0.05, 0.1) is 6.42 Å². The van der Waals surface area contributed by atoms with E-state index in [0.29, 0.717) is 0 Å². The molecular formula is C15H13NO2S. The fraction of sp³-hybridized carbons (Fsp3) is 0.133. The molecular weight excluding hydrogens is 258 g/mol. The first-order valence-electron chi connectivity index (χ1n) is 6.05. The van der Waals surface area contributed by atoms with Crippen LogP contribution in [0.15, 0.2) is 47.3 Å². The Morgan fingerprint density at radius 1 is 1.32 bits per heavy atom. The maximum Gasteiger partial charge on any atom is 0.304 e. The van der Waals surface area contributed by atoms with E-state index in [2.05, 4.69) is 4.98 Å². The largest absolute Gasteiger partial charge is 0.481 e. The van der Waals surface area contributed by atoms with Gasteiger partial charge in [-0.25, -0.2) is 0 Å². The summed E-state index contributed by atoms with van der Waals surface area (Å²) in [5, 5.41) is 14.3. The summed E-state index contributed by atoms with van der Waals surface area (Å²) in [6, 6.07) is 9.98. The third-order valence-corrected chi connectivity index (χ3v) is 4.02. The van der Waals surface area contributed by atoms with Crippen molar-refractivity contribution in [3.63, 3.8) is 0 Å². The first-order chi connectivity index (χ1) is 9.25. The second-order valence-electron chi connectivity index (χ2n) is 4.50. The van der Waals surface area contributed by atoms with Crippen LogP contribution in [0.4, 0.5) is 0 Å². The van der Waals surface area contributed by atoms with E-state index in [9.17, 15) is 4.79 Å². The van der Waals surface area contributed by atoms with E-state index < -0.39 is 5.97 Å². The molecule has 0 aliphatic carbocycles. The van der Waals surface area contributed by atoms with Gasteiger partial charge in [-0.15, -0.1) is 0 Å². The van der Waals surface area contributed by atoms with Gasteiger partial charge < -0.3 is 10.1 Å². The van der Waals surface area contributed by atoms with Crippen LogP contribution in [0.3, 0.4) is 0 Å². The third-order valence-electron chi connectivity index (χ3n) is 3.32. The second-order valence-corrected chi connectivity index (χ2v) is 5.28. The highest BCUT2D eigenvalue weighted by atomic mass is 32.1. The predicted octanol–water partition coefficient (Wildman–Crippen LogP) is 3.84. The van der Waals surface area contributed by atoms with Crippen molar-refractivity contribution in [2.45, 2.75) is 12.3 Å². The summed E-state index contributed by atoms with van der Waals surface area (Å²) in [7, 11) is 0. The minimum atomic E-state index is -0.776. The van der Waals surface area contributed by atoms with E-state index in [1.165, 1.54) is 0 Å². The van der Waals surface area contributed by atoms with Gasteiger partial charge in [-0.2, -0.15) is 11.3 Å². The van der Waals surface area contributed by atoms with Gasteiger partial charge in [0, 0.05) is 23.0 Å². The number of aromatic nitrogens is 1. The van der Waals surface area contributed by atoms with Gasteiger partial charge in [0.15, 0.2) is 0 Å². The van der Waals surface area contributed by atoms with Crippen LogP contribution in [-0.2, 0) is 4.79 Å². The standard InChI is InChI=1S/C15H13NO2S/c17-15(18)7-12(10-5-6-19-9-10)13-8-16-14-4-2-1-3-11(13)14/h1-6,8-9,12,16H,7H2,(H,17,18). The number of hydrogen-bond acceptors (Lipinski definition) is 2. The van der Waals surface area contributed by atoms with Gasteiger partial charge in [-0.1, -0.05) is 18.2 Å². The first-order valence-corrected chi connectivity index (χ1v) is 7.00. The minimum Gasteiger partial charge on any atom is -0.481 e. The monoisotopic (exact) mass is 271 g/mol. The lowest BCUT2D eigenvalue weighted by atomic mass is 9.90. The zero-order chi connectivity index (χ0) is 13.2. The van der Waals surface area contributed by atoms with Gasteiger partial charge >= 0.3 is 5.97 Å². The molecule has 4 heteroatoms. The van der Waals surface area contributed by atoms with Crippen LogP contribution in [0.1, 0.15) is 23.5 Å². The zero-order valence-electron chi connectivity index (χ0n) is 10.2. The maximum absolute atomic E-state index is 11.1. The topological polar surface area (TPSA) is 53.1 Å². The fourth-order valence-corrected chi connectivity index (χ4v) is 3.15.